The maximum atomic E-state index is 10.7. The van der Waals surface area contributed by atoms with E-state index >= 15 is 0 Å². The lowest BCUT2D eigenvalue weighted by molar-refractivity contribution is -0.132. The van der Waals surface area contributed by atoms with E-state index in [0.717, 1.165) is 5.69 Å². The monoisotopic (exact) mass is 150 g/mol. The van der Waals surface area contributed by atoms with Crippen molar-refractivity contribution >= 4 is 11.7 Å². The minimum Gasteiger partial charge on any atom is -0.421 e. The van der Waals surface area contributed by atoms with Gasteiger partial charge in [0.05, 0.1) is 11.9 Å². The molecule has 0 unspecified atom stereocenters. The van der Waals surface area contributed by atoms with Gasteiger partial charge in [0.25, 0.3) is 0 Å². The number of hydrogen-bond donors (Lipinski definition) is 1. The molecule has 2 heterocycles. The van der Waals surface area contributed by atoms with Gasteiger partial charge in [0.2, 0.25) is 0 Å². The molecule has 1 aliphatic rings. The highest BCUT2D eigenvalue weighted by Gasteiger charge is 2.14. The summed E-state index contributed by atoms with van der Waals surface area (Å²) in [6.45, 7) is 0.233. The van der Waals surface area contributed by atoms with E-state index in [9.17, 15) is 4.79 Å². The predicted molar refractivity (Wildman–Crippen MR) is 38.4 cm³/mol. The maximum absolute atomic E-state index is 10.7. The highest BCUT2D eigenvalue weighted by Crippen LogP contribution is 2.24. The molecule has 0 aromatic carbocycles. The number of ether oxygens (including phenoxy) is 1. The lowest BCUT2D eigenvalue weighted by Gasteiger charge is -2.15. The van der Waals surface area contributed by atoms with Gasteiger partial charge < -0.3 is 10.1 Å². The quantitative estimate of drug-likeness (QED) is 0.544. The summed E-state index contributed by atoms with van der Waals surface area (Å²) in [7, 11) is 0. The van der Waals surface area contributed by atoms with Crippen LogP contribution in [0, 0.1) is 0 Å². The first kappa shape index (κ1) is 6.15. The van der Waals surface area contributed by atoms with Crippen molar-refractivity contribution in [3.8, 4) is 5.75 Å². The van der Waals surface area contributed by atoms with Gasteiger partial charge in [-0.05, 0) is 6.07 Å². The van der Waals surface area contributed by atoms with E-state index in [4.69, 9.17) is 4.74 Å². The van der Waals surface area contributed by atoms with Gasteiger partial charge in [-0.2, -0.15) is 0 Å². The molecule has 0 bridgehead atoms. The lowest BCUT2D eigenvalue weighted by Crippen LogP contribution is -2.24. The Labute approximate surface area is 63.2 Å². The average molecular weight is 150 g/mol. The Morgan fingerprint density at radius 2 is 2.55 bits per heavy atom. The fourth-order valence-corrected chi connectivity index (χ4v) is 0.933. The Balaban J connectivity index is 2.41. The normalized spacial score (nSPS) is 14.7. The SMILES string of the molecule is O=C1CNc2ccncc2O1. The van der Waals surface area contributed by atoms with E-state index in [1.807, 2.05) is 0 Å². The van der Waals surface area contributed by atoms with Gasteiger partial charge in [-0.25, -0.2) is 4.79 Å². The van der Waals surface area contributed by atoms with Crippen LogP contribution in [0.2, 0.25) is 0 Å². The number of fused-ring (bicyclic) bond motifs is 1. The molecule has 1 N–H and O–H groups in total. The van der Waals surface area contributed by atoms with Gasteiger partial charge in [-0.3, -0.25) is 4.98 Å². The van der Waals surface area contributed by atoms with E-state index in [1.165, 1.54) is 6.20 Å². The molecule has 1 aromatic rings. The molecule has 2 rings (SSSR count). The predicted octanol–water partition coefficient (Wildman–Crippen LogP) is 0.412. The summed E-state index contributed by atoms with van der Waals surface area (Å²) in [4.78, 5) is 14.5. The van der Waals surface area contributed by atoms with Gasteiger partial charge in [0.1, 0.15) is 6.54 Å². The van der Waals surface area contributed by atoms with Crippen molar-refractivity contribution in [2.75, 3.05) is 11.9 Å². The molecular weight excluding hydrogens is 144 g/mol. The summed E-state index contributed by atoms with van der Waals surface area (Å²) in [6, 6.07) is 1.77. The van der Waals surface area contributed by atoms with E-state index < -0.39 is 0 Å². The molecule has 4 nitrogen and oxygen atoms in total. The highest BCUT2D eigenvalue weighted by molar-refractivity contribution is 5.82. The number of rotatable bonds is 0. The summed E-state index contributed by atoms with van der Waals surface area (Å²) in [6.07, 6.45) is 3.16. The topological polar surface area (TPSA) is 51.2 Å². The number of nitrogens with one attached hydrogen (secondary N) is 1. The molecule has 0 amide bonds. The van der Waals surface area contributed by atoms with Crippen LogP contribution < -0.4 is 10.1 Å². The molecule has 0 aliphatic carbocycles. The van der Waals surface area contributed by atoms with Gasteiger partial charge in [0.15, 0.2) is 5.75 Å². The maximum Gasteiger partial charge on any atom is 0.330 e. The van der Waals surface area contributed by atoms with Crippen molar-refractivity contribution in [2.24, 2.45) is 0 Å². The second-order valence-electron chi connectivity index (χ2n) is 2.20. The lowest BCUT2D eigenvalue weighted by atomic mass is 10.3. The van der Waals surface area contributed by atoms with Crippen molar-refractivity contribution in [1.29, 1.82) is 0 Å². The summed E-state index contributed by atoms with van der Waals surface area (Å²) < 4.78 is 4.87. The highest BCUT2D eigenvalue weighted by atomic mass is 16.5. The Hall–Kier alpha value is -1.58. The summed E-state index contributed by atoms with van der Waals surface area (Å²) in [5.41, 5.74) is 0.819. The molecule has 11 heavy (non-hydrogen) atoms. The summed E-state index contributed by atoms with van der Waals surface area (Å²) in [5.74, 6) is 0.231. The van der Waals surface area contributed by atoms with E-state index in [2.05, 4.69) is 10.3 Å². The minimum atomic E-state index is -0.273. The summed E-state index contributed by atoms with van der Waals surface area (Å²) in [5, 5.41) is 2.90. The number of nitrogens with zero attached hydrogens (tertiary/aromatic N) is 1. The van der Waals surface area contributed by atoms with Crippen LogP contribution in [0.15, 0.2) is 18.5 Å². The number of hydrogen-bond acceptors (Lipinski definition) is 4. The molecule has 0 radical (unpaired) electrons. The van der Waals surface area contributed by atoms with Crippen LogP contribution in [0.5, 0.6) is 5.75 Å². The van der Waals surface area contributed by atoms with E-state index in [-0.39, 0.29) is 12.5 Å². The molecule has 56 valence electrons. The third-order valence-electron chi connectivity index (χ3n) is 1.43. The zero-order valence-corrected chi connectivity index (χ0v) is 5.70. The van der Waals surface area contributed by atoms with Crippen molar-refractivity contribution in [3.63, 3.8) is 0 Å². The van der Waals surface area contributed by atoms with Gasteiger partial charge >= 0.3 is 5.97 Å². The van der Waals surface area contributed by atoms with Crippen LogP contribution in [0.4, 0.5) is 5.69 Å². The molecule has 0 fully saturated rings. The molecule has 1 aromatic heterocycles. The van der Waals surface area contributed by atoms with Gasteiger partial charge in [-0.15, -0.1) is 0 Å². The standard InChI is InChI=1S/C7H6N2O2/c10-7-4-9-5-1-2-8-3-6(5)11-7/h1-3,9H,4H2. The Bertz CT molecular complexity index is 298. The number of anilines is 1. The van der Waals surface area contributed by atoms with Crippen LogP contribution in [0.1, 0.15) is 0 Å². The number of esters is 1. The Morgan fingerprint density at radius 1 is 1.64 bits per heavy atom. The molecule has 0 spiro atoms. The molecule has 1 aliphatic heterocycles. The number of carbonyl (C=O) groups is 1. The average Bonchev–Trinajstić information content (AvgIpc) is 2.04. The zero-order chi connectivity index (χ0) is 7.68. The zero-order valence-electron chi connectivity index (χ0n) is 5.70. The molecule has 0 saturated carbocycles. The van der Waals surface area contributed by atoms with Crippen LogP contribution in [0.3, 0.4) is 0 Å². The first-order valence-electron chi connectivity index (χ1n) is 3.25. The van der Waals surface area contributed by atoms with Crippen LogP contribution in [-0.4, -0.2) is 17.5 Å². The number of carbonyl (C=O) groups excluding carboxylic acids is 1. The second-order valence-corrected chi connectivity index (χ2v) is 2.20. The molecular formula is C7H6N2O2. The number of aromatic nitrogens is 1. The first-order chi connectivity index (χ1) is 5.36. The first-order valence-corrected chi connectivity index (χ1v) is 3.25. The smallest absolute Gasteiger partial charge is 0.330 e. The Morgan fingerprint density at radius 3 is 3.45 bits per heavy atom. The van der Waals surface area contributed by atoms with E-state index in [0.29, 0.717) is 5.75 Å². The minimum absolute atomic E-state index is 0.233. The van der Waals surface area contributed by atoms with Crippen LogP contribution in [0.25, 0.3) is 0 Å². The largest absolute Gasteiger partial charge is 0.421 e. The van der Waals surface area contributed by atoms with Crippen molar-refractivity contribution in [3.05, 3.63) is 18.5 Å². The van der Waals surface area contributed by atoms with Crippen molar-refractivity contribution < 1.29 is 9.53 Å². The molecule has 4 heteroatoms. The van der Waals surface area contributed by atoms with Crippen LogP contribution >= 0.6 is 0 Å². The van der Waals surface area contributed by atoms with Gasteiger partial charge in [-0.1, -0.05) is 0 Å². The van der Waals surface area contributed by atoms with Gasteiger partial charge in [0, 0.05) is 6.20 Å². The fraction of sp³-hybridized carbons (Fsp3) is 0.143. The third-order valence-corrected chi connectivity index (χ3v) is 1.43. The fourth-order valence-electron chi connectivity index (χ4n) is 0.933. The second kappa shape index (κ2) is 2.23. The van der Waals surface area contributed by atoms with E-state index in [1.54, 1.807) is 12.3 Å². The Kier molecular flexibility index (Phi) is 1.25. The molecule has 0 saturated heterocycles. The van der Waals surface area contributed by atoms with Crippen molar-refractivity contribution in [2.45, 2.75) is 0 Å². The third kappa shape index (κ3) is 1.02. The van der Waals surface area contributed by atoms with Crippen LogP contribution in [-0.2, 0) is 4.79 Å². The summed E-state index contributed by atoms with van der Waals surface area (Å²) >= 11 is 0. The molecule has 0 atom stereocenters. The number of pyridine rings is 1. The van der Waals surface area contributed by atoms with Crippen molar-refractivity contribution in [1.82, 2.24) is 4.98 Å².